The molecule has 0 fully saturated rings. The third-order valence-electron chi connectivity index (χ3n) is 2.58. The van der Waals surface area contributed by atoms with Gasteiger partial charge in [0.15, 0.2) is 0 Å². The molecule has 0 spiro atoms. The number of nitrogens with one attached hydrogen (secondary N) is 1. The van der Waals surface area contributed by atoms with E-state index in [2.05, 4.69) is 36.1 Å². The fourth-order valence-electron chi connectivity index (χ4n) is 1.58. The first-order valence-electron chi connectivity index (χ1n) is 7.06. The fourth-order valence-corrected chi connectivity index (χ4v) is 1.58. The molecule has 4 nitrogen and oxygen atoms in total. The number of anilines is 1. The van der Waals surface area contributed by atoms with E-state index in [-0.39, 0.29) is 11.5 Å². The molecule has 1 N–H and O–H groups in total. The highest BCUT2D eigenvalue weighted by atomic mass is 16.5. The van der Waals surface area contributed by atoms with Crippen molar-refractivity contribution >= 4 is 5.82 Å². The maximum Gasteiger partial charge on any atom is 0.222 e. The molecular formula is C15H27N3O. The zero-order valence-corrected chi connectivity index (χ0v) is 13.3. The van der Waals surface area contributed by atoms with Crippen molar-refractivity contribution in [2.45, 2.75) is 66.4 Å². The Labute approximate surface area is 117 Å². The quantitative estimate of drug-likeness (QED) is 0.877. The summed E-state index contributed by atoms with van der Waals surface area (Å²) >= 11 is 0. The lowest BCUT2D eigenvalue weighted by molar-refractivity contribution is 0.122. The van der Waals surface area contributed by atoms with Gasteiger partial charge in [-0.3, -0.25) is 0 Å². The van der Waals surface area contributed by atoms with Gasteiger partial charge in [-0.2, -0.15) is 4.98 Å². The van der Waals surface area contributed by atoms with Gasteiger partial charge in [-0.25, -0.2) is 4.98 Å². The molecule has 0 amide bonds. The zero-order valence-electron chi connectivity index (χ0n) is 13.3. The van der Waals surface area contributed by atoms with Crippen LogP contribution in [0.1, 0.15) is 65.3 Å². The zero-order chi connectivity index (χ0) is 14.6. The van der Waals surface area contributed by atoms with Crippen LogP contribution in [0.4, 0.5) is 5.82 Å². The second kappa shape index (κ2) is 6.22. The van der Waals surface area contributed by atoms with Crippen molar-refractivity contribution in [1.82, 2.24) is 9.97 Å². The number of hydrogen-bond acceptors (Lipinski definition) is 4. The summed E-state index contributed by atoms with van der Waals surface area (Å²) in [7, 11) is 0. The highest BCUT2D eigenvalue weighted by Crippen LogP contribution is 2.27. The van der Waals surface area contributed by atoms with E-state index in [9.17, 15) is 0 Å². The molecule has 0 aromatic carbocycles. The Bertz CT molecular complexity index is 422. The van der Waals surface area contributed by atoms with Gasteiger partial charge in [0.2, 0.25) is 5.88 Å². The van der Waals surface area contributed by atoms with Crippen molar-refractivity contribution in [3.8, 4) is 5.88 Å². The number of hydrogen-bond donors (Lipinski definition) is 1. The van der Waals surface area contributed by atoms with Gasteiger partial charge in [0.05, 0.1) is 5.56 Å². The lowest BCUT2D eigenvalue weighted by Gasteiger charge is -2.23. The Morgan fingerprint density at radius 3 is 2.32 bits per heavy atom. The molecule has 0 aliphatic heterocycles. The highest BCUT2D eigenvalue weighted by Gasteiger charge is 2.19. The van der Waals surface area contributed by atoms with Crippen LogP contribution in [-0.4, -0.2) is 22.1 Å². The minimum atomic E-state index is -0.255. The van der Waals surface area contributed by atoms with Gasteiger partial charge < -0.3 is 10.1 Å². The van der Waals surface area contributed by atoms with Crippen LogP contribution in [0.3, 0.4) is 0 Å². The van der Waals surface area contributed by atoms with Crippen LogP contribution >= 0.6 is 0 Å². The fraction of sp³-hybridized carbons (Fsp3) is 0.733. The summed E-state index contributed by atoms with van der Waals surface area (Å²) in [4.78, 5) is 9.15. The molecule has 1 heterocycles. The Kier molecular flexibility index (Phi) is 5.15. The third-order valence-corrected chi connectivity index (χ3v) is 2.58. The van der Waals surface area contributed by atoms with E-state index in [1.54, 1.807) is 0 Å². The molecule has 4 heteroatoms. The molecule has 0 aliphatic rings. The minimum absolute atomic E-state index is 0.255. The summed E-state index contributed by atoms with van der Waals surface area (Å²) in [6, 6.07) is 0. The van der Waals surface area contributed by atoms with Crippen LogP contribution in [0.15, 0.2) is 0 Å². The highest BCUT2D eigenvalue weighted by molar-refractivity contribution is 5.49. The molecule has 1 aromatic rings. The van der Waals surface area contributed by atoms with Crippen LogP contribution in [-0.2, 0) is 0 Å². The first kappa shape index (κ1) is 15.7. The molecule has 108 valence electrons. The Morgan fingerprint density at radius 1 is 1.21 bits per heavy atom. The van der Waals surface area contributed by atoms with Crippen molar-refractivity contribution < 1.29 is 4.74 Å². The Hall–Kier alpha value is -1.32. The second-order valence-corrected chi connectivity index (χ2v) is 6.16. The standard InChI is InChI=1S/C15H27N3O/c1-8-9-16-13-11(4)14(19-15(5,6)7)18-12(17-13)10(2)3/h10H,8-9H2,1-7H3,(H,16,17,18). The molecule has 0 saturated heterocycles. The maximum absolute atomic E-state index is 5.95. The summed E-state index contributed by atoms with van der Waals surface area (Å²) in [6.07, 6.45) is 1.07. The van der Waals surface area contributed by atoms with Gasteiger partial charge in [-0.15, -0.1) is 0 Å². The predicted molar refractivity (Wildman–Crippen MR) is 80.0 cm³/mol. The van der Waals surface area contributed by atoms with Crippen LogP contribution in [0, 0.1) is 6.92 Å². The van der Waals surface area contributed by atoms with Gasteiger partial charge in [-0.05, 0) is 34.1 Å². The van der Waals surface area contributed by atoms with Crippen LogP contribution in [0.25, 0.3) is 0 Å². The summed E-state index contributed by atoms with van der Waals surface area (Å²) in [6.45, 7) is 15.3. The van der Waals surface area contributed by atoms with E-state index in [1.165, 1.54) is 0 Å². The maximum atomic E-state index is 5.95. The number of aromatic nitrogens is 2. The first-order chi connectivity index (χ1) is 8.74. The largest absolute Gasteiger partial charge is 0.472 e. The lowest BCUT2D eigenvalue weighted by atomic mass is 10.1. The van der Waals surface area contributed by atoms with Gasteiger partial charge in [0, 0.05) is 12.5 Å². The second-order valence-electron chi connectivity index (χ2n) is 6.16. The van der Waals surface area contributed by atoms with E-state index < -0.39 is 0 Å². The summed E-state index contributed by atoms with van der Waals surface area (Å²) in [5.41, 5.74) is 0.725. The van der Waals surface area contributed by atoms with Crippen LogP contribution in [0.5, 0.6) is 5.88 Å². The van der Waals surface area contributed by atoms with E-state index in [1.807, 2.05) is 27.7 Å². The van der Waals surface area contributed by atoms with Gasteiger partial charge >= 0.3 is 0 Å². The molecule has 1 rings (SSSR count). The minimum Gasteiger partial charge on any atom is -0.472 e. The van der Waals surface area contributed by atoms with Crippen molar-refractivity contribution in [1.29, 1.82) is 0 Å². The summed E-state index contributed by atoms with van der Waals surface area (Å²) in [5, 5.41) is 3.35. The van der Waals surface area contributed by atoms with Crippen molar-refractivity contribution in [2.75, 3.05) is 11.9 Å². The molecular weight excluding hydrogens is 238 g/mol. The van der Waals surface area contributed by atoms with Crippen LogP contribution in [0.2, 0.25) is 0 Å². The van der Waals surface area contributed by atoms with E-state index >= 15 is 0 Å². The normalized spacial score (nSPS) is 11.8. The molecule has 0 unspecified atom stereocenters. The Morgan fingerprint density at radius 2 is 1.84 bits per heavy atom. The molecule has 19 heavy (non-hydrogen) atoms. The van der Waals surface area contributed by atoms with Crippen molar-refractivity contribution in [2.24, 2.45) is 0 Å². The topological polar surface area (TPSA) is 47.0 Å². The number of nitrogens with zero attached hydrogens (tertiary/aromatic N) is 2. The summed E-state index contributed by atoms with van der Waals surface area (Å²) < 4.78 is 5.95. The average Bonchev–Trinajstić information content (AvgIpc) is 2.28. The van der Waals surface area contributed by atoms with Gasteiger partial charge in [0.1, 0.15) is 17.2 Å². The molecule has 0 bridgehead atoms. The SMILES string of the molecule is CCCNc1nc(C(C)C)nc(OC(C)(C)C)c1C. The average molecular weight is 265 g/mol. The summed E-state index contributed by atoms with van der Waals surface area (Å²) in [5.74, 6) is 2.68. The number of rotatable bonds is 5. The predicted octanol–water partition coefficient (Wildman–Crippen LogP) is 3.91. The third kappa shape index (κ3) is 4.69. The molecule has 0 aliphatic carbocycles. The van der Waals surface area contributed by atoms with Gasteiger partial charge in [0.25, 0.3) is 0 Å². The Balaban J connectivity index is 3.16. The molecule has 0 atom stereocenters. The van der Waals surface area contributed by atoms with Crippen LogP contribution < -0.4 is 10.1 Å². The van der Waals surface area contributed by atoms with Gasteiger partial charge in [-0.1, -0.05) is 20.8 Å². The van der Waals surface area contributed by atoms with E-state index in [4.69, 9.17) is 4.74 Å². The molecule has 0 saturated carbocycles. The van der Waals surface area contributed by atoms with Crippen molar-refractivity contribution in [3.63, 3.8) is 0 Å². The van der Waals surface area contributed by atoms with E-state index in [0.717, 1.165) is 30.2 Å². The molecule has 0 radical (unpaired) electrons. The number of ether oxygens (including phenoxy) is 1. The monoisotopic (exact) mass is 265 g/mol. The first-order valence-corrected chi connectivity index (χ1v) is 7.06. The lowest BCUT2D eigenvalue weighted by Crippen LogP contribution is -2.25. The smallest absolute Gasteiger partial charge is 0.222 e. The van der Waals surface area contributed by atoms with E-state index in [0.29, 0.717) is 5.88 Å². The van der Waals surface area contributed by atoms with Crippen molar-refractivity contribution in [3.05, 3.63) is 11.4 Å². The molecule has 1 aromatic heterocycles.